The Morgan fingerprint density at radius 3 is 2.38 bits per heavy atom. The lowest BCUT2D eigenvalue weighted by atomic mass is 10.0. The first-order chi connectivity index (χ1) is 15.5. The van der Waals surface area contributed by atoms with E-state index in [1.165, 1.54) is 0 Å². The first kappa shape index (κ1) is 23.9. The maximum atomic E-state index is 13.1. The first-order valence-corrected chi connectivity index (χ1v) is 11.0. The lowest BCUT2D eigenvalue weighted by Crippen LogP contribution is -2.55. The summed E-state index contributed by atoms with van der Waals surface area (Å²) < 4.78 is 5.28. The molecule has 1 aliphatic rings. The van der Waals surface area contributed by atoms with E-state index < -0.39 is 18.0 Å². The number of hydrogen-bond acceptors (Lipinski definition) is 4. The molecular weight excluding hydrogens is 451 g/mol. The molecule has 7 nitrogen and oxygen atoms in total. The van der Waals surface area contributed by atoms with Crippen molar-refractivity contribution in [3.05, 3.63) is 69.7 Å². The standard InChI is InChI=1S/C23H24Cl2N4O3/c24-19-7-6-17(13-20(19)25)12-18(15-26)27-22(30)21(14-16-4-2-1-3-5-16)28-23(31)29-8-10-32-11-9-29/h1-7,13,18,21H,8-12,14H2,(H,27,30)(H,28,31)/t18-,21-/m0/s1. The van der Waals surface area contributed by atoms with Crippen molar-refractivity contribution in [3.63, 3.8) is 0 Å². The van der Waals surface area contributed by atoms with E-state index in [0.717, 1.165) is 11.1 Å². The average Bonchev–Trinajstić information content (AvgIpc) is 2.81. The molecule has 0 saturated carbocycles. The molecule has 3 rings (SSSR count). The van der Waals surface area contributed by atoms with Crippen LogP contribution in [0.5, 0.6) is 0 Å². The molecule has 3 amide bonds. The van der Waals surface area contributed by atoms with Crippen LogP contribution >= 0.6 is 23.2 Å². The number of carbonyl (C=O) groups is 2. The second-order valence-corrected chi connectivity index (χ2v) is 8.25. The molecule has 0 bridgehead atoms. The van der Waals surface area contributed by atoms with E-state index in [0.29, 0.717) is 42.8 Å². The third-order valence-electron chi connectivity index (χ3n) is 5.09. The van der Waals surface area contributed by atoms with Crippen molar-refractivity contribution < 1.29 is 14.3 Å². The molecule has 1 saturated heterocycles. The highest BCUT2D eigenvalue weighted by atomic mass is 35.5. The molecule has 2 aromatic carbocycles. The molecule has 1 fully saturated rings. The molecule has 2 N–H and O–H groups in total. The smallest absolute Gasteiger partial charge is 0.318 e. The van der Waals surface area contributed by atoms with Gasteiger partial charge in [-0.05, 0) is 23.3 Å². The van der Waals surface area contributed by atoms with Gasteiger partial charge >= 0.3 is 6.03 Å². The largest absolute Gasteiger partial charge is 0.378 e. The zero-order valence-electron chi connectivity index (χ0n) is 17.4. The van der Waals surface area contributed by atoms with Crippen molar-refractivity contribution in [1.29, 1.82) is 5.26 Å². The number of benzene rings is 2. The van der Waals surface area contributed by atoms with Crippen molar-refractivity contribution in [1.82, 2.24) is 15.5 Å². The Hall–Kier alpha value is -2.79. The van der Waals surface area contributed by atoms with Gasteiger partial charge in [-0.25, -0.2) is 4.79 Å². The van der Waals surface area contributed by atoms with Gasteiger partial charge in [0.2, 0.25) is 5.91 Å². The molecule has 9 heteroatoms. The van der Waals surface area contributed by atoms with Crippen molar-refractivity contribution in [3.8, 4) is 6.07 Å². The molecule has 0 radical (unpaired) electrons. The fourth-order valence-corrected chi connectivity index (χ4v) is 3.69. The first-order valence-electron chi connectivity index (χ1n) is 10.3. The minimum Gasteiger partial charge on any atom is -0.378 e. The fraction of sp³-hybridized carbons (Fsp3) is 0.348. The summed E-state index contributed by atoms with van der Waals surface area (Å²) in [5.74, 6) is -0.429. The number of nitriles is 1. The normalized spacial score (nSPS) is 15.3. The van der Waals surface area contributed by atoms with Gasteiger partial charge in [-0.15, -0.1) is 0 Å². The van der Waals surface area contributed by atoms with Crippen LogP contribution in [0.2, 0.25) is 10.0 Å². The van der Waals surface area contributed by atoms with Gasteiger partial charge in [0.1, 0.15) is 12.1 Å². The van der Waals surface area contributed by atoms with Crippen LogP contribution in [-0.2, 0) is 22.4 Å². The van der Waals surface area contributed by atoms with Crippen LogP contribution in [0.1, 0.15) is 11.1 Å². The van der Waals surface area contributed by atoms with Gasteiger partial charge in [0, 0.05) is 25.9 Å². The fourth-order valence-electron chi connectivity index (χ4n) is 3.37. The third-order valence-corrected chi connectivity index (χ3v) is 5.83. The highest BCUT2D eigenvalue weighted by Gasteiger charge is 2.26. The quantitative estimate of drug-likeness (QED) is 0.643. The van der Waals surface area contributed by atoms with Crippen molar-refractivity contribution in [2.75, 3.05) is 26.3 Å². The number of urea groups is 1. The molecule has 168 valence electrons. The van der Waals surface area contributed by atoms with Gasteiger partial charge in [0.25, 0.3) is 0 Å². The number of hydrogen-bond donors (Lipinski definition) is 2. The van der Waals surface area contributed by atoms with Crippen molar-refractivity contribution >= 4 is 35.1 Å². The van der Waals surface area contributed by atoms with E-state index in [4.69, 9.17) is 27.9 Å². The minimum atomic E-state index is -0.836. The lowest BCUT2D eigenvalue weighted by molar-refractivity contribution is -0.123. The molecule has 0 unspecified atom stereocenters. The predicted molar refractivity (Wildman–Crippen MR) is 123 cm³/mol. The van der Waals surface area contributed by atoms with Gasteiger partial charge in [-0.3, -0.25) is 4.79 Å². The number of halogens is 2. The van der Waals surface area contributed by atoms with Crippen LogP contribution in [-0.4, -0.2) is 55.2 Å². The van der Waals surface area contributed by atoms with Gasteiger partial charge in [0.15, 0.2) is 0 Å². The summed E-state index contributed by atoms with van der Waals surface area (Å²) in [7, 11) is 0. The Bertz CT molecular complexity index is 975. The van der Waals surface area contributed by atoms with E-state index in [1.807, 2.05) is 30.3 Å². The zero-order valence-corrected chi connectivity index (χ0v) is 18.9. The second-order valence-electron chi connectivity index (χ2n) is 7.43. The van der Waals surface area contributed by atoms with Crippen molar-refractivity contribution in [2.24, 2.45) is 0 Å². The summed E-state index contributed by atoms with van der Waals surface area (Å²) in [6.45, 7) is 1.85. The van der Waals surface area contributed by atoms with Crippen LogP contribution < -0.4 is 10.6 Å². The average molecular weight is 475 g/mol. The summed E-state index contributed by atoms with van der Waals surface area (Å²) >= 11 is 12.0. The van der Waals surface area contributed by atoms with Crippen LogP contribution in [0.3, 0.4) is 0 Å². The van der Waals surface area contributed by atoms with Gasteiger partial charge < -0.3 is 20.3 Å². The van der Waals surface area contributed by atoms with Gasteiger partial charge in [-0.1, -0.05) is 59.6 Å². The minimum absolute atomic E-state index is 0.259. The van der Waals surface area contributed by atoms with E-state index >= 15 is 0 Å². The number of morpholine rings is 1. The maximum Gasteiger partial charge on any atom is 0.318 e. The van der Waals surface area contributed by atoms with Gasteiger partial charge in [0.05, 0.1) is 29.3 Å². The van der Waals surface area contributed by atoms with Crippen LogP contribution in [0, 0.1) is 11.3 Å². The number of carbonyl (C=O) groups excluding carboxylic acids is 2. The molecular formula is C23H24Cl2N4O3. The topological polar surface area (TPSA) is 94.5 Å². The number of nitrogens with zero attached hydrogens (tertiary/aromatic N) is 2. The van der Waals surface area contributed by atoms with Crippen LogP contribution in [0.25, 0.3) is 0 Å². The maximum absolute atomic E-state index is 13.1. The summed E-state index contributed by atoms with van der Waals surface area (Å²) in [5, 5.41) is 15.9. The Kier molecular flexibility index (Phi) is 8.74. The summed E-state index contributed by atoms with van der Waals surface area (Å²) in [4.78, 5) is 27.4. The number of amides is 3. The van der Waals surface area contributed by atoms with E-state index in [9.17, 15) is 14.9 Å². The Labute approximate surface area is 197 Å². The molecule has 1 heterocycles. The van der Waals surface area contributed by atoms with E-state index in [2.05, 4.69) is 16.7 Å². The predicted octanol–water partition coefficient (Wildman–Crippen LogP) is 3.20. The molecule has 2 aromatic rings. The molecule has 0 aliphatic carbocycles. The Morgan fingerprint density at radius 2 is 1.72 bits per heavy atom. The lowest BCUT2D eigenvalue weighted by Gasteiger charge is -2.29. The molecule has 0 spiro atoms. The Balaban J connectivity index is 1.70. The molecule has 2 atom stereocenters. The zero-order chi connectivity index (χ0) is 22.9. The molecule has 0 aromatic heterocycles. The third kappa shape index (κ3) is 6.86. The summed E-state index contributed by atoms with van der Waals surface area (Å²) in [6, 6.07) is 14.6. The van der Waals surface area contributed by atoms with Gasteiger partial charge in [-0.2, -0.15) is 5.26 Å². The Morgan fingerprint density at radius 1 is 1.00 bits per heavy atom. The SMILES string of the molecule is N#C[C@H](Cc1ccc(Cl)c(Cl)c1)NC(=O)[C@H](Cc1ccccc1)NC(=O)N1CCOCC1. The van der Waals surface area contributed by atoms with E-state index in [1.54, 1.807) is 23.1 Å². The molecule has 32 heavy (non-hydrogen) atoms. The monoisotopic (exact) mass is 474 g/mol. The van der Waals surface area contributed by atoms with E-state index in [-0.39, 0.29) is 12.5 Å². The van der Waals surface area contributed by atoms with Crippen LogP contribution in [0.4, 0.5) is 4.79 Å². The highest BCUT2D eigenvalue weighted by Crippen LogP contribution is 2.23. The summed E-state index contributed by atoms with van der Waals surface area (Å²) in [6.07, 6.45) is 0.558. The number of nitrogens with one attached hydrogen (secondary N) is 2. The number of ether oxygens (including phenoxy) is 1. The summed E-state index contributed by atoms with van der Waals surface area (Å²) in [5.41, 5.74) is 1.66. The molecule has 1 aliphatic heterocycles. The second kappa shape index (κ2) is 11.7. The van der Waals surface area contributed by atoms with Crippen LogP contribution in [0.15, 0.2) is 48.5 Å². The number of rotatable bonds is 7. The van der Waals surface area contributed by atoms with Crippen molar-refractivity contribution in [2.45, 2.75) is 24.9 Å². The highest BCUT2D eigenvalue weighted by molar-refractivity contribution is 6.42.